The standard InChI is InChI=1S/C27H38N4O/c1-21(2)23-12-11-22(3)19-26(23)32-18-8-7-13-31-25-10-6-5-9-24(25)28-27(31)20-30-16-14-29(4)15-17-30/h5-6,9-12,19,21H,7-8,13-18,20H2,1-4H3. The number of ether oxygens (including phenoxy) is 1. The van der Waals surface area contributed by atoms with Crippen LogP contribution < -0.4 is 4.74 Å². The molecule has 3 aromatic rings. The molecule has 0 unspecified atom stereocenters. The van der Waals surface area contributed by atoms with Gasteiger partial charge in [0.1, 0.15) is 11.6 Å². The first kappa shape index (κ1) is 22.8. The van der Waals surface area contributed by atoms with E-state index in [9.17, 15) is 0 Å². The maximum Gasteiger partial charge on any atom is 0.124 e. The average Bonchev–Trinajstić information content (AvgIpc) is 3.12. The van der Waals surface area contributed by atoms with Crippen molar-refractivity contribution in [3.05, 3.63) is 59.4 Å². The van der Waals surface area contributed by atoms with Crippen LogP contribution in [0.5, 0.6) is 5.75 Å². The fraction of sp³-hybridized carbons (Fsp3) is 0.519. The second kappa shape index (κ2) is 10.5. The number of imidazole rings is 1. The predicted octanol–water partition coefficient (Wildman–Crippen LogP) is 5.07. The van der Waals surface area contributed by atoms with E-state index < -0.39 is 0 Å². The Kier molecular flexibility index (Phi) is 7.48. The highest BCUT2D eigenvalue weighted by Gasteiger charge is 2.18. The summed E-state index contributed by atoms with van der Waals surface area (Å²) < 4.78 is 8.64. The van der Waals surface area contributed by atoms with E-state index in [-0.39, 0.29) is 0 Å². The number of unbranched alkanes of at least 4 members (excludes halogenated alkanes) is 1. The number of para-hydroxylation sites is 2. The normalized spacial score (nSPS) is 15.7. The first-order chi connectivity index (χ1) is 15.5. The third-order valence-electron chi connectivity index (χ3n) is 6.52. The molecule has 32 heavy (non-hydrogen) atoms. The maximum absolute atomic E-state index is 6.21. The number of likely N-dealkylation sites (N-methyl/N-ethyl adjacent to an activating group) is 1. The molecule has 0 bridgehead atoms. The smallest absolute Gasteiger partial charge is 0.124 e. The van der Waals surface area contributed by atoms with E-state index in [2.05, 4.69) is 84.7 Å². The summed E-state index contributed by atoms with van der Waals surface area (Å²) in [6, 6.07) is 15.1. The quantitative estimate of drug-likeness (QED) is 0.440. The topological polar surface area (TPSA) is 33.5 Å². The van der Waals surface area contributed by atoms with E-state index in [1.54, 1.807) is 0 Å². The van der Waals surface area contributed by atoms with E-state index in [1.165, 1.54) is 22.5 Å². The fourth-order valence-corrected chi connectivity index (χ4v) is 4.50. The number of aryl methyl sites for hydroxylation is 2. The summed E-state index contributed by atoms with van der Waals surface area (Å²) >= 11 is 0. The first-order valence-electron chi connectivity index (χ1n) is 12.1. The molecule has 1 aromatic heterocycles. The lowest BCUT2D eigenvalue weighted by Crippen LogP contribution is -2.44. The van der Waals surface area contributed by atoms with Crippen LogP contribution in [0, 0.1) is 6.92 Å². The molecule has 1 aliphatic rings. The summed E-state index contributed by atoms with van der Waals surface area (Å²) in [6.45, 7) is 13.7. The molecule has 0 amide bonds. The Morgan fingerprint density at radius 2 is 1.78 bits per heavy atom. The summed E-state index contributed by atoms with van der Waals surface area (Å²) in [7, 11) is 2.20. The van der Waals surface area contributed by atoms with Crippen molar-refractivity contribution in [2.24, 2.45) is 0 Å². The van der Waals surface area contributed by atoms with Gasteiger partial charge in [-0.05, 0) is 62.1 Å². The van der Waals surface area contributed by atoms with Crippen molar-refractivity contribution in [2.45, 2.75) is 52.6 Å². The Bertz CT molecular complexity index is 1020. The molecule has 2 heterocycles. The molecule has 0 atom stereocenters. The predicted molar refractivity (Wildman–Crippen MR) is 133 cm³/mol. The molecule has 0 spiro atoms. The minimum atomic E-state index is 0.472. The summed E-state index contributed by atoms with van der Waals surface area (Å²) in [4.78, 5) is 9.92. The van der Waals surface area contributed by atoms with E-state index in [4.69, 9.17) is 9.72 Å². The van der Waals surface area contributed by atoms with E-state index >= 15 is 0 Å². The number of hydrogen-bond donors (Lipinski definition) is 0. The van der Waals surface area contributed by atoms with Gasteiger partial charge in [-0.3, -0.25) is 4.90 Å². The van der Waals surface area contributed by atoms with Gasteiger partial charge in [0, 0.05) is 32.7 Å². The van der Waals surface area contributed by atoms with Crippen LogP contribution in [0.2, 0.25) is 0 Å². The van der Waals surface area contributed by atoms with Crippen molar-refractivity contribution in [3.8, 4) is 5.75 Å². The SMILES string of the molecule is Cc1ccc(C(C)C)c(OCCCCn2c(CN3CCN(C)CC3)nc3ccccc32)c1. The maximum atomic E-state index is 6.21. The number of piperazine rings is 1. The van der Waals surface area contributed by atoms with E-state index in [0.29, 0.717) is 5.92 Å². The second-order valence-corrected chi connectivity index (χ2v) is 9.50. The number of fused-ring (bicyclic) bond motifs is 1. The molecular weight excluding hydrogens is 396 g/mol. The van der Waals surface area contributed by atoms with Gasteiger partial charge in [-0.2, -0.15) is 0 Å². The van der Waals surface area contributed by atoms with Crippen LogP contribution in [0.3, 0.4) is 0 Å². The van der Waals surface area contributed by atoms with Crippen molar-refractivity contribution in [1.29, 1.82) is 0 Å². The van der Waals surface area contributed by atoms with Gasteiger partial charge in [0.2, 0.25) is 0 Å². The molecule has 4 rings (SSSR count). The van der Waals surface area contributed by atoms with Crippen LogP contribution in [0.4, 0.5) is 0 Å². The molecule has 1 saturated heterocycles. The Morgan fingerprint density at radius 1 is 1.00 bits per heavy atom. The van der Waals surface area contributed by atoms with Gasteiger partial charge in [0.05, 0.1) is 24.2 Å². The number of benzene rings is 2. The van der Waals surface area contributed by atoms with Crippen molar-refractivity contribution < 1.29 is 4.74 Å². The Balaban J connectivity index is 1.37. The molecule has 2 aromatic carbocycles. The zero-order valence-electron chi connectivity index (χ0n) is 20.2. The molecule has 1 fully saturated rings. The summed E-state index contributed by atoms with van der Waals surface area (Å²) in [5, 5.41) is 0. The van der Waals surface area contributed by atoms with Crippen LogP contribution in [0.1, 0.15) is 49.6 Å². The van der Waals surface area contributed by atoms with Crippen molar-refractivity contribution in [1.82, 2.24) is 19.4 Å². The molecule has 0 N–H and O–H groups in total. The van der Waals surface area contributed by atoms with Crippen LogP contribution in [0.25, 0.3) is 11.0 Å². The Hall–Kier alpha value is -2.37. The van der Waals surface area contributed by atoms with Crippen LogP contribution in [0.15, 0.2) is 42.5 Å². The molecule has 172 valence electrons. The minimum Gasteiger partial charge on any atom is -0.493 e. The highest BCUT2D eigenvalue weighted by Crippen LogP contribution is 2.27. The zero-order valence-corrected chi connectivity index (χ0v) is 20.2. The van der Waals surface area contributed by atoms with Crippen molar-refractivity contribution >= 4 is 11.0 Å². The van der Waals surface area contributed by atoms with Crippen LogP contribution in [-0.4, -0.2) is 59.2 Å². The lowest BCUT2D eigenvalue weighted by molar-refractivity contribution is 0.144. The van der Waals surface area contributed by atoms with Gasteiger partial charge in [0.25, 0.3) is 0 Å². The van der Waals surface area contributed by atoms with E-state index in [1.807, 2.05) is 0 Å². The molecule has 0 radical (unpaired) electrons. The van der Waals surface area contributed by atoms with Crippen LogP contribution >= 0.6 is 0 Å². The average molecular weight is 435 g/mol. The largest absolute Gasteiger partial charge is 0.493 e. The highest BCUT2D eigenvalue weighted by molar-refractivity contribution is 5.75. The van der Waals surface area contributed by atoms with Gasteiger partial charge in [0.15, 0.2) is 0 Å². The number of nitrogens with zero attached hydrogens (tertiary/aromatic N) is 4. The summed E-state index contributed by atoms with van der Waals surface area (Å²) in [5.41, 5.74) is 4.90. The number of rotatable bonds is 9. The molecule has 5 nitrogen and oxygen atoms in total. The third-order valence-corrected chi connectivity index (χ3v) is 6.52. The van der Waals surface area contributed by atoms with Gasteiger partial charge in [-0.15, -0.1) is 0 Å². The lowest BCUT2D eigenvalue weighted by atomic mass is 10.0. The van der Waals surface area contributed by atoms with Gasteiger partial charge >= 0.3 is 0 Å². The highest BCUT2D eigenvalue weighted by atomic mass is 16.5. The Labute approximate surface area is 193 Å². The molecule has 0 aliphatic carbocycles. The second-order valence-electron chi connectivity index (χ2n) is 9.50. The lowest BCUT2D eigenvalue weighted by Gasteiger charge is -2.32. The van der Waals surface area contributed by atoms with Gasteiger partial charge in [-0.1, -0.05) is 38.1 Å². The number of aromatic nitrogens is 2. The number of hydrogen-bond acceptors (Lipinski definition) is 4. The summed E-state index contributed by atoms with van der Waals surface area (Å²) in [6.07, 6.45) is 2.12. The molecule has 5 heteroatoms. The summed E-state index contributed by atoms with van der Waals surface area (Å²) in [5.74, 6) is 2.71. The monoisotopic (exact) mass is 434 g/mol. The molecular formula is C27H38N4O. The first-order valence-corrected chi connectivity index (χ1v) is 12.1. The molecule has 0 saturated carbocycles. The third kappa shape index (κ3) is 5.51. The van der Waals surface area contributed by atoms with Crippen molar-refractivity contribution in [3.63, 3.8) is 0 Å². The van der Waals surface area contributed by atoms with E-state index in [0.717, 1.165) is 70.0 Å². The van der Waals surface area contributed by atoms with Crippen LogP contribution in [-0.2, 0) is 13.1 Å². The Morgan fingerprint density at radius 3 is 2.56 bits per heavy atom. The van der Waals surface area contributed by atoms with Crippen molar-refractivity contribution in [2.75, 3.05) is 39.8 Å². The van der Waals surface area contributed by atoms with Gasteiger partial charge in [-0.25, -0.2) is 4.98 Å². The minimum absolute atomic E-state index is 0.472. The zero-order chi connectivity index (χ0) is 22.5. The van der Waals surface area contributed by atoms with Gasteiger partial charge < -0.3 is 14.2 Å². The molecule has 1 aliphatic heterocycles. The fourth-order valence-electron chi connectivity index (χ4n) is 4.50.